The molecule has 1 saturated heterocycles. The van der Waals surface area contributed by atoms with Crippen LogP contribution in [0.2, 0.25) is 0 Å². The van der Waals surface area contributed by atoms with Crippen molar-refractivity contribution in [2.75, 3.05) is 13.2 Å². The van der Waals surface area contributed by atoms with Crippen LogP contribution in [0.15, 0.2) is 24.0 Å². The van der Waals surface area contributed by atoms with Gasteiger partial charge in [-0.05, 0) is 18.9 Å². The quantitative estimate of drug-likeness (QED) is 0.381. The van der Waals surface area contributed by atoms with Crippen LogP contribution in [0.5, 0.6) is 0 Å². The van der Waals surface area contributed by atoms with E-state index in [1.807, 2.05) is 19.1 Å². The van der Waals surface area contributed by atoms with Crippen LogP contribution >= 0.6 is 0 Å². The third-order valence-corrected chi connectivity index (χ3v) is 2.74. The van der Waals surface area contributed by atoms with Gasteiger partial charge in [0.05, 0.1) is 12.4 Å². The molecule has 0 aliphatic carbocycles. The minimum atomic E-state index is 0.332. The maximum atomic E-state index is 5.78. The van der Waals surface area contributed by atoms with Crippen LogP contribution in [0, 0.1) is 11.8 Å². The lowest BCUT2D eigenvalue weighted by molar-refractivity contribution is 0.146. The minimum absolute atomic E-state index is 0.332. The van der Waals surface area contributed by atoms with Crippen LogP contribution in [0.25, 0.3) is 0 Å². The van der Waals surface area contributed by atoms with Gasteiger partial charge in [0.2, 0.25) is 0 Å². The molecule has 1 heterocycles. The molecule has 15 heavy (non-hydrogen) atoms. The third kappa shape index (κ3) is 4.52. The Morgan fingerprint density at radius 1 is 1.47 bits per heavy atom. The lowest BCUT2D eigenvalue weighted by Crippen LogP contribution is -2.12. The second kappa shape index (κ2) is 5.96. The summed E-state index contributed by atoms with van der Waals surface area (Å²) < 4.78 is 10.9. The molecule has 0 aromatic carbocycles. The van der Waals surface area contributed by atoms with E-state index in [-0.39, 0.29) is 0 Å². The summed E-state index contributed by atoms with van der Waals surface area (Å²) in [6, 6.07) is 0. The van der Waals surface area contributed by atoms with Gasteiger partial charge in [-0.25, -0.2) is 0 Å². The van der Waals surface area contributed by atoms with E-state index in [4.69, 9.17) is 9.47 Å². The number of ether oxygens (including phenoxy) is 2. The standard InChI is InChI=1S/C13H22O2/c1-5-6-7-13(11(4)10(2)3)15-9-12-8-14-12/h5-7,10-12H,8-9H2,1-4H3/b6-5-,13-7+. The SMILES string of the molecule is C/C=C\C=C(\OCC1CO1)C(C)C(C)C. The zero-order valence-electron chi connectivity index (χ0n) is 10.2. The molecule has 0 saturated carbocycles. The smallest absolute Gasteiger partial charge is 0.116 e. The molecular formula is C13H22O2. The van der Waals surface area contributed by atoms with Crippen LogP contribution in [0.4, 0.5) is 0 Å². The van der Waals surface area contributed by atoms with Crippen LogP contribution in [0.3, 0.4) is 0 Å². The molecule has 0 aromatic heterocycles. The second-order valence-corrected chi connectivity index (χ2v) is 4.39. The Labute approximate surface area is 93.0 Å². The minimum Gasteiger partial charge on any atom is -0.495 e. The normalized spacial score (nSPS) is 23.5. The van der Waals surface area contributed by atoms with Crippen molar-refractivity contribution in [3.63, 3.8) is 0 Å². The molecule has 2 nitrogen and oxygen atoms in total. The third-order valence-electron chi connectivity index (χ3n) is 2.74. The molecule has 1 fully saturated rings. The highest BCUT2D eigenvalue weighted by Gasteiger charge is 2.24. The summed E-state index contributed by atoms with van der Waals surface area (Å²) >= 11 is 0. The molecular weight excluding hydrogens is 188 g/mol. The van der Waals surface area contributed by atoms with Gasteiger partial charge in [-0.1, -0.05) is 32.9 Å². The van der Waals surface area contributed by atoms with E-state index in [0.717, 1.165) is 12.4 Å². The second-order valence-electron chi connectivity index (χ2n) is 4.39. The Kier molecular flexibility index (Phi) is 4.89. The first-order valence-electron chi connectivity index (χ1n) is 5.72. The van der Waals surface area contributed by atoms with Crippen LogP contribution < -0.4 is 0 Å². The van der Waals surface area contributed by atoms with E-state index >= 15 is 0 Å². The summed E-state index contributed by atoms with van der Waals surface area (Å²) in [6.07, 6.45) is 6.44. The van der Waals surface area contributed by atoms with E-state index in [0.29, 0.717) is 24.5 Å². The zero-order valence-corrected chi connectivity index (χ0v) is 10.2. The van der Waals surface area contributed by atoms with E-state index < -0.39 is 0 Å². The van der Waals surface area contributed by atoms with Crippen molar-refractivity contribution in [1.82, 2.24) is 0 Å². The number of rotatable bonds is 6. The van der Waals surface area contributed by atoms with Crippen molar-refractivity contribution in [1.29, 1.82) is 0 Å². The van der Waals surface area contributed by atoms with Crippen molar-refractivity contribution >= 4 is 0 Å². The fourth-order valence-electron chi connectivity index (χ4n) is 1.20. The molecule has 1 aliphatic rings. The Morgan fingerprint density at radius 2 is 2.13 bits per heavy atom. The summed E-state index contributed by atoms with van der Waals surface area (Å²) in [5.41, 5.74) is 0. The first kappa shape index (κ1) is 12.3. The van der Waals surface area contributed by atoms with Crippen molar-refractivity contribution < 1.29 is 9.47 Å². The van der Waals surface area contributed by atoms with Gasteiger partial charge < -0.3 is 9.47 Å². The summed E-state index contributed by atoms with van der Waals surface area (Å²) in [5, 5.41) is 0. The molecule has 0 spiro atoms. The van der Waals surface area contributed by atoms with Gasteiger partial charge in [-0.3, -0.25) is 0 Å². The van der Waals surface area contributed by atoms with Gasteiger partial charge in [0.1, 0.15) is 12.7 Å². The van der Waals surface area contributed by atoms with Crippen molar-refractivity contribution in [3.05, 3.63) is 24.0 Å². The van der Waals surface area contributed by atoms with E-state index in [9.17, 15) is 0 Å². The van der Waals surface area contributed by atoms with Crippen molar-refractivity contribution in [3.8, 4) is 0 Å². The highest BCUT2D eigenvalue weighted by Crippen LogP contribution is 2.22. The maximum absolute atomic E-state index is 5.78. The molecule has 2 atom stereocenters. The Morgan fingerprint density at radius 3 is 2.60 bits per heavy atom. The highest BCUT2D eigenvalue weighted by atomic mass is 16.6. The summed E-state index contributed by atoms with van der Waals surface area (Å²) in [6.45, 7) is 10.2. The van der Waals surface area contributed by atoms with Gasteiger partial charge in [-0.15, -0.1) is 0 Å². The number of allylic oxidation sites excluding steroid dienone is 4. The van der Waals surface area contributed by atoms with Gasteiger partial charge in [0.25, 0.3) is 0 Å². The highest BCUT2D eigenvalue weighted by molar-refractivity contribution is 5.09. The first-order chi connectivity index (χ1) is 7.15. The molecule has 0 bridgehead atoms. The molecule has 2 unspecified atom stereocenters. The summed E-state index contributed by atoms with van der Waals surface area (Å²) in [7, 11) is 0. The predicted octanol–water partition coefficient (Wildman–Crippen LogP) is 3.15. The maximum Gasteiger partial charge on any atom is 0.116 e. The molecule has 2 heteroatoms. The van der Waals surface area contributed by atoms with E-state index in [1.54, 1.807) is 0 Å². The average Bonchev–Trinajstić information content (AvgIpc) is 3.00. The lowest BCUT2D eigenvalue weighted by atomic mass is 9.95. The molecule has 0 aromatic rings. The topological polar surface area (TPSA) is 21.8 Å². The number of hydrogen-bond acceptors (Lipinski definition) is 2. The van der Waals surface area contributed by atoms with Crippen molar-refractivity contribution in [2.45, 2.75) is 33.8 Å². The van der Waals surface area contributed by atoms with Crippen LogP contribution in [-0.2, 0) is 9.47 Å². The van der Waals surface area contributed by atoms with Crippen LogP contribution in [0.1, 0.15) is 27.7 Å². The first-order valence-corrected chi connectivity index (χ1v) is 5.72. The van der Waals surface area contributed by atoms with Crippen molar-refractivity contribution in [2.24, 2.45) is 11.8 Å². The predicted molar refractivity (Wildman–Crippen MR) is 62.6 cm³/mol. The van der Waals surface area contributed by atoms with Crippen LogP contribution in [-0.4, -0.2) is 19.3 Å². The van der Waals surface area contributed by atoms with Gasteiger partial charge >= 0.3 is 0 Å². The summed E-state index contributed by atoms with van der Waals surface area (Å²) in [5.74, 6) is 2.13. The largest absolute Gasteiger partial charge is 0.495 e. The van der Waals surface area contributed by atoms with E-state index in [1.165, 1.54) is 0 Å². The van der Waals surface area contributed by atoms with Gasteiger partial charge in [0, 0.05) is 5.92 Å². The molecule has 1 aliphatic heterocycles. The fourth-order valence-corrected chi connectivity index (χ4v) is 1.20. The average molecular weight is 210 g/mol. The molecule has 1 rings (SSSR count). The van der Waals surface area contributed by atoms with Gasteiger partial charge in [0.15, 0.2) is 0 Å². The molecule has 86 valence electrons. The zero-order chi connectivity index (χ0) is 11.3. The number of epoxide rings is 1. The number of hydrogen-bond donors (Lipinski definition) is 0. The monoisotopic (exact) mass is 210 g/mol. The van der Waals surface area contributed by atoms with E-state index in [2.05, 4.69) is 26.8 Å². The van der Waals surface area contributed by atoms with Gasteiger partial charge in [-0.2, -0.15) is 0 Å². The molecule has 0 N–H and O–H groups in total. The summed E-state index contributed by atoms with van der Waals surface area (Å²) in [4.78, 5) is 0. The Bertz CT molecular complexity index is 237. The Balaban J connectivity index is 2.50. The lowest BCUT2D eigenvalue weighted by Gasteiger charge is -2.19. The fraction of sp³-hybridized carbons (Fsp3) is 0.692. The molecule has 0 radical (unpaired) electrons. The molecule has 0 amide bonds. The Hall–Kier alpha value is -0.760.